The number of hydrogen-bond donors (Lipinski definition) is 1. The first-order valence-corrected chi connectivity index (χ1v) is 7.30. The van der Waals surface area contributed by atoms with Crippen molar-refractivity contribution in [1.82, 2.24) is 5.32 Å². The second kappa shape index (κ2) is 7.20. The summed E-state index contributed by atoms with van der Waals surface area (Å²) in [5.74, 6) is -0.165. The lowest BCUT2D eigenvalue weighted by molar-refractivity contribution is 0.543. The highest BCUT2D eigenvalue weighted by atomic mass is 19.1. The van der Waals surface area contributed by atoms with E-state index in [1.54, 1.807) is 12.1 Å². The van der Waals surface area contributed by atoms with Crippen LogP contribution >= 0.6 is 0 Å². The number of halogens is 1. The summed E-state index contributed by atoms with van der Waals surface area (Å²) in [5, 5.41) is 3.52. The van der Waals surface area contributed by atoms with E-state index in [0.29, 0.717) is 0 Å². The van der Waals surface area contributed by atoms with Gasteiger partial charge in [-0.3, -0.25) is 0 Å². The average Bonchev–Trinajstić information content (AvgIpc) is 2.47. The van der Waals surface area contributed by atoms with E-state index < -0.39 is 0 Å². The van der Waals surface area contributed by atoms with Crippen LogP contribution < -0.4 is 5.32 Å². The summed E-state index contributed by atoms with van der Waals surface area (Å²) in [5.41, 5.74) is 3.71. The molecule has 0 bridgehead atoms. The third-order valence-corrected chi connectivity index (χ3v) is 3.59. The fourth-order valence-corrected chi connectivity index (χ4v) is 2.63. The smallest absolute Gasteiger partial charge is 0.123 e. The van der Waals surface area contributed by atoms with Crippen LogP contribution in [0.25, 0.3) is 0 Å². The van der Waals surface area contributed by atoms with Crippen LogP contribution in [0.3, 0.4) is 0 Å². The van der Waals surface area contributed by atoms with Crippen molar-refractivity contribution in [2.45, 2.75) is 32.7 Å². The van der Waals surface area contributed by atoms with Crippen LogP contribution in [-0.2, 0) is 12.8 Å². The first-order valence-electron chi connectivity index (χ1n) is 7.30. The van der Waals surface area contributed by atoms with Crippen molar-refractivity contribution >= 4 is 0 Å². The minimum atomic E-state index is -0.165. The van der Waals surface area contributed by atoms with Gasteiger partial charge in [-0.2, -0.15) is 0 Å². The van der Waals surface area contributed by atoms with Crippen LogP contribution in [-0.4, -0.2) is 6.54 Å². The van der Waals surface area contributed by atoms with Gasteiger partial charge in [-0.05, 0) is 48.2 Å². The van der Waals surface area contributed by atoms with Gasteiger partial charge in [-0.25, -0.2) is 4.39 Å². The molecule has 2 aromatic rings. The Balaban J connectivity index is 2.26. The molecule has 0 amide bonds. The van der Waals surface area contributed by atoms with Crippen molar-refractivity contribution in [1.29, 1.82) is 0 Å². The predicted molar refractivity (Wildman–Crippen MR) is 82.3 cm³/mol. The van der Waals surface area contributed by atoms with Gasteiger partial charge in [0, 0.05) is 6.04 Å². The van der Waals surface area contributed by atoms with Crippen molar-refractivity contribution < 1.29 is 4.39 Å². The maximum Gasteiger partial charge on any atom is 0.123 e. The predicted octanol–water partition coefficient (Wildman–Crippen LogP) is 4.28. The van der Waals surface area contributed by atoms with Crippen molar-refractivity contribution in [3.05, 3.63) is 71.0 Å². The molecule has 2 aromatic carbocycles. The Morgan fingerprint density at radius 2 is 1.85 bits per heavy atom. The molecule has 1 unspecified atom stereocenters. The minimum Gasteiger partial charge on any atom is -0.310 e. The Kier molecular flexibility index (Phi) is 5.31. The number of benzene rings is 2. The standard InChI is InChI=1S/C18H22FN/c1-3-15-9-5-6-11-17(15)18(20-4-2)13-14-8-7-10-16(19)12-14/h5-12,18,20H,3-4,13H2,1-2H3. The number of aryl methyl sites for hydroxylation is 1. The Morgan fingerprint density at radius 3 is 2.55 bits per heavy atom. The number of rotatable bonds is 6. The van der Waals surface area contributed by atoms with E-state index in [-0.39, 0.29) is 11.9 Å². The molecule has 0 aromatic heterocycles. The fourth-order valence-electron chi connectivity index (χ4n) is 2.63. The second-order valence-electron chi connectivity index (χ2n) is 5.00. The highest BCUT2D eigenvalue weighted by Gasteiger charge is 2.14. The summed E-state index contributed by atoms with van der Waals surface area (Å²) < 4.78 is 13.3. The zero-order valence-corrected chi connectivity index (χ0v) is 12.2. The molecule has 0 saturated carbocycles. The Morgan fingerprint density at radius 1 is 1.05 bits per heavy atom. The molecule has 106 valence electrons. The molecule has 0 spiro atoms. The molecule has 2 heteroatoms. The summed E-state index contributed by atoms with van der Waals surface area (Å²) in [6.07, 6.45) is 1.82. The van der Waals surface area contributed by atoms with E-state index in [2.05, 4.69) is 43.4 Å². The van der Waals surface area contributed by atoms with E-state index >= 15 is 0 Å². The maximum atomic E-state index is 13.3. The van der Waals surface area contributed by atoms with E-state index in [1.165, 1.54) is 17.2 Å². The van der Waals surface area contributed by atoms with Gasteiger partial charge >= 0.3 is 0 Å². The van der Waals surface area contributed by atoms with Crippen LogP contribution in [0.2, 0.25) is 0 Å². The molecule has 2 rings (SSSR count). The molecule has 0 aliphatic heterocycles. The molecular weight excluding hydrogens is 249 g/mol. The summed E-state index contributed by atoms with van der Waals surface area (Å²) in [6, 6.07) is 15.6. The van der Waals surface area contributed by atoms with Gasteiger partial charge in [0.1, 0.15) is 5.82 Å². The normalized spacial score (nSPS) is 12.3. The fraction of sp³-hybridized carbons (Fsp3) is 0.333. The van der Waals surface area contributed by atoms with E-state index in [0.717, 1.165) is 24.9 Å². The number of likely N-dealkylation sites (N-methyl/N-ethyl adjacent to an activating group) is 1. The van der Waals surface area contributed by atoms with E-state index in [1.807, 2.05) is 6.07 Å². The summed E-state index contributed by atoms with van der Waals surface area (Å²) in [7, 11) is 0. The van der Waals surface area contributed by atoms with Crippen molar-refractivity contribution in [3.8, 4) is 0 Å². The Hall–Kier alpha value is -1.67. The van der Waals surface area contributed by atoms with Crippen LogP contribution in [0, 0.1) is 5.82 Å². The maximum absolute atomic E-state index is 13.3. The first-order chi connectivity index (χ1) is 9.74. The van der Waals surface area contributed by atoms with E-state index in [9.17, 15) is 4.39 Å². The SMILES string of the molecule is CCNC(Cc1cccc(F)c1)c1ccccc1CC. The molecule has 1 atom stereocenters. The Bertz CT molecular complexity index is 551. The molecule has 0 heterocycles. The van der Waals surface area contributed by atoms with Crippen molar-refractivity contribution in [2.75, 3.05) is 6.54 Å². The summed E-state index contributed by atoms with van der Waals surface area (Å²) in [4.78, 5) is 0. The number of hydrogen-bond acceptors (Lipinski definition) is 1. The third-order valence-electron chi connectivity index (χ3n) is 3.59. The van der Waals surface area contributed by atoms with Gasteiger partial charge in [0.05, 0.1) is 0 Å². The molecule has 1 N–H and O–H groups in total. The topological polar surface area (TPSA) is 12.0 Å². The quantitative estimate of drug-likeness (QED) is 0.827. The van der Waals surface area contributed by atoms with Crippen LogP contribution in [0.5, 0.6) is 0 Å². The van der Waals surface area contributed by atoms with E-state index in [4.69, 9.17) is 0 Å². The summed E-state index contributed by atoms with van der Waals surface area (Å²) >= 11 is 0. The van der Waals surface area contributed by atoms with Crippen molar-refractivity contribution in [2.24, 2.45) is 0 Å². The highest BCUT2D eigenvalue weighted by Crippen LogP contribution is 2.23. The first kappa shape index (κ1) is 14.7. The monoisotopic (exact) mass is 271 g/mol. The van der Waals surface area contributed by atoms with Gasteiger partial charge in [0.25, 0.3) is 0 Å². The van der Waals surface area contributed by atoms with Crippen LogP contribution in [0.1, 0.15) is 36.6 Å². The number of nitrogens with one attached hydrogen (secondary N) is 1. The molecular formula is C18H22FN. The van der Waals surface area contributed by atoms with Crippen LogP contribution in [0.4, 0.5) is 4.39 Å². The molecule has 0 aliphatic carbocycles. The molecule has 0 radical (unpaired) electrons. The lowest BCUT2D eigenvalue weighted by Gasteiger charge is -2.21. The molecule has 0 aliphatic rings. The second-order valence-corrected chi connectivity index (χ2v) is 5.00. The zero-order chi connectivity index (χ0) is 14.4. The molecule has 20 heavy (non-hydrogen) atoms. The lowest BCUT2D eigenvalue weighted by Crippen LogP contribution is -2.24. The highest BCUT2D eigenvalue weighted by molar-refractivity contribution is 5.32. The third kappa shape index (κ3) is 3.67. The molecule has 0 saturated heterocycles. The zero-order valence-electron chi connectivity index (χ0n) is 12.2. The molecule has 0 fully saturated rings. The average molecular weight is 271 g/mol. The van der Waals surface area contributed by atoms with Gasteiger partial charge in [-0.15, -0.1) is 0 Å². The van der Waals surface area contributed by atoms with Gasteiger partial charge in [-0.1, -0.05) is 50.2 Å². The molecule has 1 nitrogen and oxygen atoms in total. The van der Waals surface area contributed by atoms with Gasteiger partial charge in [0.2, 0.25) is 0 Å². The minimum absolute atomic E-state index is 0.165. The summed E-state index contributed by atoms with van der Waals surface area (Å²) in [6.45, 7) is 5.18. The van der Waals surface area contributed by atoms with Crippen LogP contribution in [0.15, 0.2) is 48.5 Å². The van der Waals surface area contributed by atoms with Crippen molar-refractivity contribution in [3.63, 3.8) is 0 Å². The van der Waals surface area contributed by atoms with Gasteiger partial charge in [0.15, 0.2) is 0 Å². The lowest BCUT2D eigenvalue weighted by atomic mass is 9.93. The Labute approximate surface area is 120 Å². The largest absolute Gasteiger partial charge is 0.310 e. The van der Waals surface area contributed by atoms with Gasteiger partial charge < -0.3 is 5.32 Å².